The van der Waals surface area contributed by atoms with Crippen LogP contribution in [0, 0.1) is 6.92 Å². The van der Waals surface area contributed by atoms with E-state index in [1.54, 1.807) is 0 Å². The van der Waals surface area contributed by atoms with E-state index in [-0.39, 0.29) is 0 Å². The Morgan fingerprint density at radius 3 is 2.90 bits per heavy atom. The molecule has 5 heteroatoms. The van der Waals surface area contributed by atoms with E-state index in [4.69, 9.17) is 4.98 Å². The third-order valence-corrected chi connectivity index (χ3v) is 4.05. The summed E-state index contributed by atoms with van der Waals surface area (Å²) < 4.78 is 1.89. The van der Waals surface area contributed by atoms with Gasteiger partial charge in [-0.2, -0.15) is 5.10 Å². The van der Waals surface area contributed by atoms with Crippen molar-refractivity contribution >= 4 is 0 Å². The van der Waals surface area contributed by atoms with E-state index in [2.05, 4.69) is 35.0 Å². The summed E-state index contributed by atoms with van der Waals surface area (Å²) in [5.74, 6) is 0.993. The van der Waals surface area contributed by atoms with Crippen LogP contribution < -0.4 is 0 Å². The molecule has 0 spiro atoms. The highest BCUT2D eigenvalue weighted by Gasteiger charge is 2.19. The van der Waals surface area contributed by atoms with Gasteiger partial charge in [0.25, 0.3) is 0 Å². The van der Waals surface area contributed by atoms with E-state index < -0.39 is 0 Å². The van der Waals surface area contributed by atoms with Crippen molar-refractivity contribution in [3.8, 4) is 0 Å². The molecule has 0 N–H and O–H groups in total. The normalized spacial score (nSPS) is 15.2. The molecule has 0 atom stereocenters. The van der Waals surface area contributed by atoms with Gasteiger partial charge in [0.05, 0.1) is 5.69 Å². The van der Waals surface area contributed by atoms with Crippen LogP contribution in [-0.4, -0.2) is 31.2 Å². The molecule has 0 saturated carbocycles. The van der Waals surface area contributed by atoms with E-state index in [0.717, 1.165) is 50.4 Å². The summed E-state index contributed by atoms with van der Waals surface area (Å²) in [7, 11) is 1.98. The fourth-order valence-corrected chi connectivity index (χ4v) is 2.94. The number of aryl methyl sites for hydroxylation is 3. The van der Waals surface area contributed by atoms with E-state index >= 15 is 0 Å². The molecule has 0 amide bonds. The quantitative estimate of drug-likeness (QED) is 0.862. The molecular formula is C16H23N5. The smallest absolute Gasteiger partial charge is 0.128 e. The van der Waals surface area contributed by atoms with Gasteiger partial charge in [-0.3, -0.25) is 9.58 Å². The van der Waals surface area contributed by atoms with Crippen LogP contribution in [0.15, 0.2) is 12.4 Å². The van der Waals surface area contributed by atoms with Crippen LogP contribution in [0.3, 0.4) is 0 Å². The second-order valence-electron chi connectivity index (χ2n) is 5.88. The average molecular weight is 285 g/mol. The van der Waals surface area contributed by atoms with Gasteiger partial charge in [-0.05, 0) is 13.3 Å². The highest BCUT2D eigenvalue weighted by Crippen LogP contribution is 2.19. The first-order valence-electron chi connectivity index (χ1n) is 7.71. The van der Waals surface area contributed by atoms with E-state index in [1.807, 2.05) is 17.9 Å². The van der Waals surface area contributed by atoms with Gasteiger partial charge in [0.15, 0.2) is 0 Å². The van der Waals surface area contributed by atoms with Crippen LogP contribution in [0.5, 0.6) is 0 Å². The van der Waals surface area contributed by atoms with Crippen molar-refractivity contribution in [2.75, 3.05) is 6.54 Å². The number of nitrogens with zero attached hydrogens (tertiary/aromatic N) is 5. The first-order valence-corrected chi connectivity index (χ1v) is 7.71. The molecule has 5 nitrogen and oxygen atoms in total. The Hall–Kier alpha value is -1.75. The standard InChI is InChI=1S/C16H23N5/c1-4-5-16-17-8-13-10-21(7-6-15(13)18-16)11-14-9-20(3)19-12(14)2/h8-9H,4-7,10-11H2,1-3H3. The lowest BCUT2D eigenvalue weighted by molar-refractivity contribution is 0.242. The van der Waals surface area contributed by atoms with Gasteiger partial charge in [0.2, 0.25) is 0 Å². The predicted molar refractivity (Wildman–Crippen MR) is 81.8 cm³/mol. The van der Waals surface area contributed by atoms with Gasteiger partial charge in [-0.25, -0.2) is 9.97 Å². The van der Waals surface area contributed by atoms with Crippen LogP contribution in [0.1, 0.15) is 41.7 Å². The lowest BCUT2D eigenvalue weighted by Crippen LogP contribution is -2.31. The van der Waals surface area contributed by atoms with Crippen molar-refractivity contribution in [2.45, 2.75) is 46.2 Å². The van der Waals surface area contributed by atoms with Crippen molar-refractivity contribution < 1.29 is 0 Å². The van der Waals surface area contributed by atoms with Gasteiger partial charge >= 0.3 is 0 Å². The Balaban J connectivity index is 1.71. The molecule has 0 radical (unpaired) electrons. The summed E-state index contributed by atoms with van der Waals surface area (Å²) >= 11 is 0. The van der Waals surface area contributed by atoms with Crippen molar-refractivity contribution in [1.82, 2.24) is 24.6 Å². The monoisotopic (exact) mass is 285 g/mol. The number of aromatic nitrogens is 4. The fourth-order valence-electron chi connectivity index (χ4n) is 2.94. The van der Waals surface area contributed by atoms with Crippen molar-refractivity contribution in [1.29, 1.82) is 0 Å². The summed E-state index contributed by atoms with van der Waals surface area (Å²) in [5.41, 5.74) is 4.96. The minimum absolute atomic E-state index is 0.941. The zero-order valence-electron chi connectivity index (χ0n) is 13.1. The van der Waals surface area contributed by atoms with Crippen molar-refractivity contribution in [2.24, 2.45) is 7.05 Å². The molecular weight excluding hydrogens is 262 g/mol. The van der Waals surface area contributed by atoms with Gasteiger partial charge in [-0.15, -0.1) is 0 Å². The number of rotatable bonds is 4. The van der Waals surface area contributed by atoms with E-state index in [9.17, 15) is 0 Å². The maximum absolute atomic E-state index is 4.71. The molecule has 2 aromatic heterocycles. The molecule has 3 rings (SSSR count). The first-order chi connectivity index (χ1) is 10.2. The Morgan fingerprint density at radius 2 is 2.19 bits per heavy atom. The molecule has 0 bridgehead atoms. The second-order valence-corrected chi connectivity index (χ2v) is 5.88. The maximum Gasteiger partial charge on any atom is 0.128 e. The molecule has 3 heterocycles. The largest absolute Gasteiger partial charge is 0.294 e. The minimum Gasteiger partial charge on any atom is -0.294 e. The third-order valence-electron chi connectivity index (χ3n) is 4.05. The highest BCUT2D eigenvalue weighted by atomic mass is 15.3. The molecule has 112 valence electrons. The fraction of sp³-hybridized carbons (Fsp3) is 0.562. The average Bonchev–Trinajstić information content (AvgIpc) is 2.77. The molecule has 0 saturated heterocycles. The van der Waals surface area contributed by atoms with Crippen LogP contribution in [0.4, 0.5) is 0 Å². The van der Waals surface area contributed by atoms with Gasteiger partial charge in [0.1, 0.15) is 5.82 Å². The first kappa shape index (κ1) is 14.2. The Labute approximate surface area is 126 Å². The molecule has 21 heavy (non-hydrogen) atoms. The Morgan fingerprint density at radius 1 is 1.33 bits per heavy atom. The Kier molecular flexibility index (Phi) is 4.01. The lowest BCUT2D eigenvalue weighted by Gasteiger charge is -2.27. The molecule has 0 aromatic carbocycles. The van der Waals surface area contributed by atoms with Crippen LogP contribution in [0.25, 0.3) is 0 Å². The van der Waals surface area contributed by atoms with Gasteiger partial charge in [0, 0.05) is 68.7 Å². The molecule has 0 fully saturated rings. The zero-order valence-corrected chi connectivity index (χ0v) is 13.1. The predicted octanol–water partition coefficient (Wildman–Crippen LogP) is 2.03. The van der Waals surface area contributed by atoms with Crippen LogP contribution in [-0.2, 0) is 33.0 Å². The maximum atomic E-state index is 4.71. The molecule has 1 aliphatic heterocycles. The van der Waals surface area contributed by atoms with E-state index in [0.29, 0.717) is 0 Å². The summed E-state index contributed by atoms with van der Waals surface area (Å²) in [6.45, 7) is 7.20. The minimum atomic E-state index is 0.941. The molecule has 2 aromatic rings. The Bertz CT molecular complexity index is 632. The van der Waals surface area contributed by atoms with E-state index in [1.165, 1.54) is 16.8 Å². The summed E-state index contributed by atoms with van der Waals surface area (Å²) in [5, 5.41) is 4.42. The van der Waals surface area contributed by atoms with Gasteiger partial charge < -0.3 is 0 Å². The lowest BCUT2D eigenvalue weighted by atomic mass is 10.1. The second kappa shape index (κ2) is 5.93. The number of hydrogen-bond acceptors (Lipinski definition) is 4. The molecule has 0 aliphatic carbocycles. The summed E-state index contributed by atoms with van der Waals surface area (Å²) in [4.78, 5) is 11.7. The third kappa shape index (κ3) is 3.13. The summed E-state index contributed by atoms with van der Waals surface area (Å²) in [6.07, 6.45) is 7.24. The van der Waals surface area contributed by atoms with Crippen molar-refractivity contribution in [3.63, 3.8) is 0 Å². The van der Waals surface area contributed by atoms with Gasteiger partial charge in [-0.1, -0.05) is 6.92 Å². The van der Waals surface area contributed by atoms with Crippen molar-refractivity contribution in [3.05, 3.63) is 40.7 Å². The van der Waals surface area contributed by atoms with Crippen LogP contribution in [0.2, 0.25) is 0 Å². The topological polar surface area (TPSA) is 46.8 Å². The molecule has 0 unspecified atom stereocenters. The van der Waals surface area contributed by atoms with Crippen LogP contribution >= 0.6 is 0 Å². The zero-order chi connectivity index (χ0) is 14.8. The summed E-state index contributed by atoms with van der Waals surface area (Å²) in [6, 6.07) is 0. The number of fused-ring (bicyclic) bond motifs is 1. The molecule has 1 aliphatic rings. The highest BCUT2D eigenvalue weighted by molar-refractivity contribution is 5.22. The number of hydrogen-bond donors (Lipinski definition) is 0. The SMILES string of the molecule is CCCc1ncc2c(n1)CCN(Cc1cn(C)nc1C)C2.